The van der Waals surface area contributed by atoms with E-state index in [0.717, 1.165) is 5.52 Å². The number of fused-ring (bicyclic) bond motifs is 1. The summed E-state index contributed by atoms with van der Waals surface area (Å²) in [7, 11) is 0. The average Bonchev–Trinajstić information content (AvgIpc) is 3.15. The van der Waals surface area contributed by atoms with Crippen LogP contribution in [0.25, 0.3) is 10.9 Å². The van der Waals surface area contributed by atoms with Crippen LogP contribution in [0.4, 0.5) is 4.79 Å². The molecule has 0 bridgehead atoms. The first-order valence-corrected chi connectivity index (χ1v) is 19.2. The van der Waals surface area contributed by atoms with E-state index in [2.05, 4.69) is 58.9 Å². The van der Waals surface area contributed by atoms with Crippen molar-refractivity contribution < 1.29 is 9.53 Å². The summed E-state index contributed by atoms with van der Waals surface area (Å²) in [6.45, 7) is 11.5. The number of hydrogen-bond acceptors (Lipinski definition) is 2. The first-order valence-electron chi connectivity index (χ1n) is 11.8. The number of unbranched alkanes of at least 4 members (excludes halogenated alkanes) is 3. The second-order valence-corrected chi connectivity index (χ2v) is 22.3. The van der Waals surface area contributed by atoms with Crippen LogP contribution in [0, 0.1) is 5.92 Å². The van der Waals surface area contributed by atoms with Crippen LogP contribution in [0.1, 0.15) is 73.1 Å². The van der Waals surface area contributed by atoms with E-state index in [0.29, 0.717) is 12.5 Å². The molecule has 0 radical (unpaired) electrons. The summed E-state index contributed by atoms with van der Waals surface area (Å²) in [5, 5.41) is 1.19. The van der Waals surface area contributed by atoms with Crippen molar-refractivity contribution in [2.75, 3.05) is 6.61 Å². The molecular weight excluding hydrogens is 465 g/mol. The van der Waals surface area contributed by atoms with Gasteiger partial charge in [-0.2, -0.15) is 0 Å². The number of carbonyl (C=O) groups excluding carboxylic acids is 1. The number of nitrogens with zero attached hydrogens (tertiary/aromatic N) is 1. The Labute approximate surface area is 182 Å². The zero-order chi connectivity index (χ0) is 21.3. The Hall–Kier alpha value is -0.971. The maximum absolute atomic E-state index is 12.5. The third kappa shape index (κ3) is 6.50. The van der Waals surface area contributed by atoms with E-state index < -0.39 is 18.4 Å². The van der Waals surface area contributed by atoms with Crippen molar-refractivity contribution in [3.63, 3.8) is 0 Å². The maximum atomic E-state index is 12.5. The van der Waals surface area contributed by atoms with Gasteiger partial charge >= 0.3 is 182 Å². The van der Waals surface area contributed by atoms with E-state index in [-0.39, 0.29) is 6.09 Å². The summed E-state index contributed by atoms with van der Waals surface area (Å²) in [5.74, 6) is 0.345. The van der Waals surface area contributed by atoms with Crippen molar-refractivity contribution in [1.29, 1.82) is 0 Å². The molecule has 0 atom stereocenters. The standard InChI is InChI=1S/C13H14NO2.3C4H9.Sn/c1-10(2)9-16-13(15)14-8-7-11-5-3-4-6-12(11)14;3*1-3-4-2;/h4-8,10H,9H2,1-2H3;3*1,3-4H2,2H3;. The predicted octanol–water partition coefficient (Wildman–Crippen LogP) is 7.34. The van der Waals surface area contributed by atoms with Crippen LogP contribution in [-0.2, 0) is 4.74 Å². The minimum atomic E-state index is -2.44. The van der Waals surface area contributed by atoms with Gasteiger partial charge in [-0.15, -0.1) is 0 Å². The molecular formula is C25H41NO2Sn. The average molecular weight is 506 g/mol. The molecule has 0 aliphatic rings. The zero-order valence-electron chi connectivity index (χ0n) is 19.3. The van der Waals surface area contributed by atoms with Crippen molar-refractivity contribution in [2.45, 2.75) is 86.5 Å². The normalized spacial score (nSPS) is 12.1. The third-order valence-corrected chi connectivity index (χ3v) is 21.7. The first kappa shape index (κ1) is 24.3. The Bertz CT molecular complexity index is 743. The SMILES string of the molecule is CCC[CH2][Sn]([CH2]CCC)([CH2]CCC)[c]1ccc2c(ccn2C(=O)OCC(C)C)c1. The summed E-state index contributed by atoms with van der Waals surface area (Å²) in [6.07, 6.45) is 9.57. The Morgan fingerprint density at radius 2 is 1.55 bits per heavy atom. The Morgan fingerprint density at radius 1 is 0.966 bits per heavy atom. The first-order chi connectivity index (χ1) is 14.0. The molecule has 0 N–H and O–H groups in total. The molecule has 2 aromatic rings. The number of rotatable bonds is 12. The van der Waals surface area contributed by atoms with Crippen molar-refractivity contribution >= 4 is 39.0 Å². The second-order valence-electron chi connectivity index (χ2n) is 9.02. The fourth-order valence-electron chi connectivity index (χ4n) is 4.29. The van der Waals surface area contributed by atoms with Gasteiger partial charge in [0.15, 0.2) is 0 Å². The van der Waals surface area contributed by atoms with Crippen LogP contribution in [0.2, 0.25) is 13.3 Å². The molecule has 1 heterocycles. The zero-order valence-corrected chi connectivity index (χ0v) is 22.2. The van der Waals surface area contributed by atoms with Crippen molar-refractivity contribution in [3.8, 4) is 0 Å². The number of benzene rings is 1. The van der Waals surface area contributed by atoms with Gasteiger partial charge in [0.25, 0.3) is 0 Å². The molecule has 3 nitrogen and oxygen atoms in total. The molecule has 0 amide bonds. The van der Waals surface area contributed by atoms with Gasteiger partial charge in [0, 0.05) is 0 Å². The van der Waals surface area contributed by atoms with E-state index in [1.807, 2.05) is 6.20 Å². The molecule has 2 rings (SSSR count). The molecule has 29 heavy (non-hydrogen) atoms. The van der Waals surface area contributed by atoms with Crippen LogP contribution in [0.5, 0.6) is 0 Å². The summed E-state index contributed by atoms with van der Waals surface area (Å²) in [4.78, 5) is 12.5. The Balaban J connectivity index is 2.38. The van der Waals surface area contributed by atoms with E-state index in [9.17, 15) is 4.79 Å². The van der Waals surface area contributed by atoms with E-state index >= 15 is 0 Å². The van der Waals surface area contributed by atoms with Crippen LogP contribution >= 0.6 is 0 Å². The predicted molar refractivity (Wildman–Crippen MR) is 128 cm³/mol. The van der Waals surface area contributed by atoms with Crippen LogP contribution in [0.15, 0.2) is 30.5 Å². The van der Waals surface area contributed by atoms with Gasteiger partial charge in [0.2, 0.25) is 0 Å². The Morgan fingerprint density at radius 3 is 2.07 bits per heavy atom. The van der Waals surface area contributed by atoms with Gasteiger partial charge < -0.3 is 0 Å². The van der Waals surface area contributed by atoms with Crippen molar-refractivity contribution in [3.05, 3.63) is 30.5 Å². The monoisotopic (exact) mass is 507 g/mol. The van der Waals surface area contributed by atoms with Gasteiger partial charge in [-0.25, -0.2) is 0 Å². The molecule has 0 spiro atoms. The molecule has 0 unspecified atom stereocenters. The van der Waals surface area contributed by atoms with Crippen molar-refractivity contribution in [1.82, 2.24) is 4.57 Å². The van der Waals surface area contributed by atoms with Gasteiger partial charge in [0.05, 0.1) is 0 Å². The second kappa shape index (κ2) is 12.0. The molecule has 0 aliphatic carbocycles. The molecule has 0 aliphatic heterocycles. The van der Waals surface area contributed by atoms with Crippen LogP contribution in [-0.4, -0.2) is 35.6 Å². The topological polar surface area (TPSA) is 31.2 Å². The van der Waals surface area contributed by atoms with E-state index in [4.69, 9.17) is 4.74 Å². The molecule has 0 saturated carbocycles. The van der Waals surface area contributed by atoms with Gasteiger partial charge in [-0.1, -0.05) is 0 Å². The van der Waals surface area contributed by atoms with Crippen LogP contribution < -0.4 is 3.58 Å². The quantitative estimate of drug-likeness (QED) is 0.282. The molecule has 1 aromatic heterocycles. The molecule has 4 heteroatoms. The van der Waals surface area contributed by atoms with Crippen molar-refractivity contribution in [2.24, 2.45) is 5.92 Å². The Kier molecular flexibility index (Phi) is 10.1. The molecule has 162 valence electrons. The summed E-state index contributed by atoms with van der Waals surface area (Å²) < 4.78 is 13.2. The summed E-state index contributed by atoms with van der Waals surface area (Å²) >= 11 is -2.44. The molecule has 0 fully saturated rings. The number of aromatic nitrogens is 1. The summed E-state index contributed by atoms with van der Waals surface area (Å²) in [5.41, 5.74) is 0.976. The third-order valence-electron chi connectivity index (χ3n) is 6.07. The molecule has 1 aromatic carbocycles. The van der Waals surface area contributed by atoms with E-state index in [1.165, 1.54) is 57.2 Å². The minimum absolute atomic E-state index is 0.265. The van der Waals surface area contributed by atoms with Gasteiger partial charge in [0.1, 0.15) is 0 Å². The van der Waals surface area contributed by atoms with E-state index in [1.54, 1.807) is 8.15 Å². The van der Waals surface area contributed by atoms with Gasteiger partial charge in [-0.3, -0.25) is 0 Å². The number of ether oxygens (including phenoxy) is 1. The number of carbonyl (C=O) groups is 1. The fourth-order valence-corrected chi connectivity index (χ4v) is 20.3. The number of hydrogen-bond donors (Lipinski definition) is 0. The van der Waals surface area contributed by atoms with Gasteiger partial charge in [-0.05, 0) is 0 Å². The fraction of sp³-hybridized carbons (Fsp3) is 0.640. The molecule has 0 saturated heterocycles. The summed E-state index contributed by atoms with van der Waals surface area (Å²) in [6, 6.07) is 9.06. The van der Waals surface area contributed by atoms with Crippen LogP contribution in [0.3, 0.4) is 0 Å².